The van der Waals surface area contributed by atoms with Gasteiger partial charge in [-0.25, -0.2) is 4.68 Å². The minimum Gasteiger partial charge on any atom is -0.326 e. The monoisotopic (exact) mass is 255 g/mol. The third kappa shape index (κ3) is 1.71. The average Bonchev–Trinajstić information content (AvgIpc) is 2.67. The largest absolute Gasteiger partial charge is 0.326 e. The van der Waals surface area contributed by atoms with Crippen LogP contribution in [0.25, 0.3) is 16.6 Å². The molecular weight excluding hydrogens is 242 g/mol. The predicted molar refractivity (Wildman–Crippen MR) is 74.0 cm³/mol. The topological polar surface area (TPSA) is 70.7 Å². The van der Waals surface area contributed by atoms with Crippen LogP contribution in [0.15, 0.2) is 39.9 Å². The van der Waals surface area contributed by atoms with Gasteiger partial charge in [-0.15, -0.1) is 0 Å². The maximum absolute atomic E-state index is 12.4. The van der Waals surface area contributed by atoms with Crippen LogP contribution in [0.2, 0.25) is 0 Å². The van der Waals surface area contributed by atoms with E-state index in [1.165, 1.54) is 10.7 Å². The van der Waals surface area contributed by atoms with E-state index in [-0.39, 0.29) is 11.1 Å². The number of benzene rings is 1. The fourth-order valence-corrected chi connectivity index (χ4v) is 2.32. The fraction of sp³-hybridized carbons (Fsp3) is 0.143. The molecule has 0 aliphatic carbocycles. The van der Waals surface area contributed by atoms with Crippen molar-refractivity contribution < 1.29 is 0 Å². The lowest BCUT2D eigenvalue weighted by Gasteiger charge is -2.04. The van der Waals surface area contributed by atoms with Gasteiger partial charge in [0.05, 0.1) is 16.6 Å². The number of para-hydroxylation sites is 1. The van der Waals surface area contributed by atoms with Crippen molar-refractivity contribution in [1.29, 1.82) is 0 Å². The van der Waals surface area contributed by atoms with Crippen LogP contribution in [-0.2, 0) is 0 Å². The Kier molecular flexibility index (Phi) is 2.41. The molecule has 19 heavy (non-hydrogen) atoms. The van der Waals surface area contributed by atoms with Gasteiger partial charge in [-0.3, -0.25) is 14.7 Å². The summed E-state index contributed by atoms with van der Waals surface area (Å²) < 4.78 is 1.47. The third-order valence-electron chi connectivity index (χ3n) is 3.24. The van der Waals surface area contributed by atoms with E-state index in [1.54, 1.807) is 6.92 Å². The lowest BCUT2D eigenvalue weighted by molar-refractivity contribution is 0.856. The fourth-order valence-electron chi connectivity index (χ4n) is 2.32. The summed E-state index contributed by atoms with van der Waals surface area (Å²) in [7, 11) is 0. The van der Waals surface area contributed by atoms with Crippen molar-refractivity contribution in [1.82, 2.24) is 14.8 Å². The molecule has 5 nitrogen and oxygen atoms in total. The van der Waals surface area contributed by atoms with E-state index in [4.69, 9.17) is 0 Å². The summed E-state index contributed by atoms with van der Waals surface area (Å²) in [6.45, 7) is 3.66. The Labute approximate surface area is 108 Å². The minimum atomic E-state index is -0.219. The minimum absolute atomic E-state index is 0.155. The van der Waals surface area contributed by atoms with Crippen molar-refractivity contribution >= 4 is 10.9 Å². The lowest BCUT2D eigenvalue weighted by atomic mass is 10.2. The molecule has 0 aliphatic rings. The van der Waals surface area contributed by atoms with Crippen molar-refractivity contribution in [2.75, 3.05) is 0 Å². The van der Waals surface area contributed by atoms with E-state index in [9.17, 15) is 9.59 Å². The smallest absolute Gasteiger partial charge is 0.280 e. The summed E-state index contributed by atoms with van der Waals surface area (Å²) >= 11 is 0. The Morgan fingerprint density at radius 3 is 2.58 bits per heavy atom. The first kappa shape index (κ1) is 11.5. The molecular formula is C14H13N3O2. The van der Waals surface area contributed by atoms with Gasteiger partial charge in [0, 0.05) is 11.8 Å². The molecule has 2 aromatic heterocycles. The summed E-state index contributed by atoms with van der Waals surface area (Å²) in [6, 6.07) is 8.99. The molecule has 5 heteroatoms. The van der Waals surface area contributed by atoms with Crippen molar-refractivity contribution in [3.63, 3.8) is 0 Å². The highest BCUT2D eigenvalue weighted by Crippen LogP contribution is 2.14. The molecule has 0 spiro atoms. The summed E-state index contributed by atoms with van der Waals surface area (Å²) in [5.41, 5.74) is 2.53. The number of pyridine rings is 1. The Morgan fingerprint density at radius 1 is 1.11 bits per heavy atom. The Hall–Kier alpha value is -2.56. The van der Waals surface area contributed by atoms with Crippen molar-refractivity contribution in [2.24, 2.45) is 0 Å². The number of aryl methyl sites for hydroxylation is 2. The van der Waals surface area contributed by atoms with Crippen LogP contribution >= 0.6 is 0 Å². The van der Waals surface area contributed by atoms with Crippen molar-refractivity contribution in [3.05, 3.63) is 62.3 Å². The second-order valence-electron chi connectivity index (χ2n) is 4.59. The highest BCUT2D eigenvalue weighted by Gasteiger charge is 2.12. The molecule has 0 unspecified atom stereocenters. The summed E-state index contributed by atoms with van der Waals surface area (Å²) in [5, 5.41) is 3.50. The van der Waals surface area contributed by atoms with Crippen LogP contribution < -0.4 is 11.1 Å². The summed E-state index contributed by atoms with van der Waals surface area (Å²) in [4.78, 5) is 26.5. The molecule has 0 fully saturated rings. The Bertz CT molecular complexity index is 884. The highest BCUT2D eigenvalue weighted by atomic mass is 16.1. The Morgan fingerprint density at radius 2 is 1.84 bits per heavy atom. The van der Waals surface area contributed by atoms with Gasteiger partial charge in [-0.05, 0) is 25.5 Å². The zero-order valence-electron chi connectivity index (χ0n) is 10.7. The van der Waals surface area contributed by atoms with E-state index in [1.807, 2.05) is 31.2 Å². The Balaban J connectivity index is 2.42. The van der Waals surface area contributed by atoms with Crippen molar-refractivity contribution in [2.45, 2.75) is 13.8 Å². The second-order valence-corrected chi connectivity index (χ2v) is 4.59. The maximum Gasteiger partial charge on any atom is 0.280 e. The van der Waals surface area contributed by atoms with Gasteiger partial charge in [-0.1, -0.05) is 18.2 Å². The number of hydrogen-bond donors (Lipinski definition) is 2. The van der Waals surface area contributed by atoms with Gasteiger partial charge in [0.15, 0.2) is 0 Å². The van der Waals surface area contributed by atoms with Gasteiger partial charge in [0.1, 0.15) is 0 Å². The van der Waals surface area contributed by atoms with Crippen LogP contribution in [-0.4, -0.2) is 14.8 Å². The predicted octanol–water partition coefficient (Wildman–Crippen LogP) is 1.62. The molecule has 96 valence electrons. The maximum atomic E-state index is 12.4. The van der Waals surface area contributed by atoms with Crippen molar-refractivity contribution in [3.8, 4) is 5.69 Å². The molecule has 1 aromatic carbocycles. The van der Waals surface area contributed by atoms with Gasteiger partial charge in [-0.2, -0.15) is 0 Å². The van der Waals surface area contributed by atoms with Crippen LogP contribution in [0.3, 0.4) is 0 Å². The van der Waals surface area contributed by atoms with E-state index < -0.39 is 0 Å². The third-order valence-corrected chi connectivity index (χ3v) is 3.24. The molecule has 3 rings (SSSR count). The zero-order chi connectivity index (χ0) is 13.6. The molecule has 2 N–H and O–H groups in total. The number of fused-ring (bicyclic) bond motifs is 1. The lowest BCUT2D eigenvalue weighted by Crippen LogP contribution is -2.16. The van der Waals surface area contributed by atoms with E-state index in [0.717, 1.165) is 11.3 Å². The number of rotatable bonds is 1. The number of nitrogens with one attached hydrogen (secondary N) is 2. The molecule has 0 aliphatic heterocycles. The first-order valence-corrected chi connectivity index (χ1v) is 5.98. The SMILES string of the molecule is Cc1ccccc1-n1[nH]c2cc(=O)[nH]c(C)c2c1=O. The molecule has 0 radical (unpaired) electrons. The molecule has 3 aromatic rings. The molecule has 0 atom stereocenters. The summed E-state index contributed by atoms with van der Waals surface area (Å²) in [6.07, 6.45) is 0. The number of hydrogen-bond acceptors (Lipinski definition) is 2. The quantitative estimate of drug-likeness (QED) is 0.693. The van der Waals surface area contributed by atoms with Crippen LogP contribution in [0, 0.1) is 13.8 Å². The van der Waals surface area contributed by atoms with E-state index in [0.29, 0.717) is 16.6 Å². The average molecular weight is 255 g/mol. The number of aromatic nitrogens is 3. The first-order chi connectivity index (χ1) is 9.08. The van der Waals surface area contributed by atoms with E-state index in [2.05, 4.69) is 10.1 Å². The van der Waals surface area contributed by atoms with E-state index >= 15 is 0 Å². The zero-order valence-corrected chi connectivity index (χ0v) is 10.7. The van der Waals surface area contributed by atoms with Crippen LogP contribution in [0.4, 0.5) is 0 Å². The van der Waals surface area contributed by atoms with Gasteiger partial charge >= 0.3 is 0 Å². The number of H-pyrrole nitrogens is 2. The normalized spacial score (nSPS) is 11.1. The molecule has 0 amide bonds. The molecule has 0 bridgehead atoms. The second kappa shape index (κ2) is 3.98. The molecule has 0 saturated heterocycles. The van der Waals surface area contributed by atoms with Gasteiger partial charge in [0.2, 0.25) is 5.56 Å². The molecule has 2 heterocycles. The van der Waals surface area contributed by atoms with Crippen LogP contribution in [0.1, 0.15) is 11.3 Å². The number of aromatic amines is 2. The standard InChI is InChI=1S/C14H13N3O2/c1-8-5-3-4-6-11(8)17-14(19)13-9(2)15-12(18)7-10(13)16-17/h3-7,16H,1-2H3,(H,15,18). The summed E-state index contributed by atoms with van der Waals surface area (Å²) in [5.74, 6) is 0. The number of nitrogens with zero attached hydrogens (tertiary/aromatic N) is 1. The van der Waals surface area contributed by atoms with Gasteiger partial charge < -0.3 is 4.98 Å². The molecule has 0 saturated carbocycles. The first-order valence-electron chi connectivity index (χ1n) is 5.98. The van der Waals surface area contributed by atoms with Gasteiger partial charge in [0.25, 0.3) is 5.56 Å². The van der Waals surface area contributed by atoms with Crippen LogP contribution in [0.5, 0.6) is 0 Å². The highest BCUT2D eigenvalue weighted by molar-refractivity contribution is 5.80.